The second-order valence-corrected chi connectivity index (χ2v) is 3.29. The van der Waals surface area contributed by atoms with E-state index in [-0.39, 0.29) is 6.61 Å². The molecule has 0 spiro atoms. The quantitative estimate of drug-likeness (QED) is 0.847. The normalized spacial score (nSPS) is 10.1. The fraction of sp³-hybridized carbons (Fsp3) is 0.167. The van der Waals surface area contributed by atoms with Crippen LogP contribution in [0.1, 0.15) is 5.56 Å². The monoisotopic (exact) mass is 216 g/mol. The number of aliphatic hydroxyl groups is 1. The van der Waals surface area contributed by atoms with Gasteiger partial charge in [0.2, 0.25) is 5.88 Å². The van der Waals surface area contributed by atoms with Crippen molar-refractivity contribution in [2.75, 3.05) is 7.11 Å². The minimum atomic E-state index is -0.0327. The van der Waals surface area contributed by atoms with Crippen LogP contribution >= 0.6 is 0 Å². The second-order valence-electron chi connectivity index (χ2n) is 3.29. The molecule has 0 aliphatic carbocycles. The van der Waals surface area contributed by atoms with Crippen molar-refractivity contribution in [2.45, 2.75) is 6.61 Å². The average molecular weight is 216 g/mol. The first-order valence-electron chi connectivity index (χ1n) is 4.89. The van der Waals surface area contributed by atoms with Crippen LogP contribution in [0.5, 0.6) is 5.88 Å². The molecule has 16 heavy (non-hydrogen) atoms. The largest absolute Gasteiger partial charge is 0.481 e. The van der Waals surface area contributed by atoms with E-state index < -0.39 is 0 Å². The van der Waals surface area contributed by atoms with Gasteiger partial charge in [-0.1, -0.05) is 0 Å². The molecule has 1 N–H and O–H groups in total. The van der Waals surface area contributed by atoms with Crippen molar-refractivity contribution < 1.29 is 9.84 Å². The van der Waals surface area contributed by atoms with Crippen LogP contribution in [0.3, 0.4) is 0 Å². The van der Waals surface area contributed by atoms with Gasteiger partial charge in [-0.25, -0.2) is 4.98 Å². The Morgan fingerprint density at radius 1 is 1.31 bits per heavy atom. The first kappa shape index (κ1) is 10.6. The molecule has 0 unspecified atom stereocenters. The van der Waals surface area contributed by atoms with E-state index in [1.165, 1.54) is 0 Å². The van der Waals surface area contributed by atoms with E-state index in [0.717, 1.165) is 16.7 Å². The third-order valence-electron chi connectivity index (χ3n) is 2.28. The first-order chi connectivity index (χ1) is 7.85. The van der Waals surface area contributed by atoms with Crippen molar-refractivity contribution >= 4 is 0 Å². The summed E-state index contributed by atoms with van der Waals surface area (Å²) in [7, 11) is 1.58. The van der Waals surface area contributed by atoms with Gasteiger partial charge in [0.25, 0.3) is 0 Å². The summed E-state index contributed by atoms with van der Waals surface area (Å²) in [5.41, 5.74) is 2.58. The maximum absolute atomic E-state index is 9.08. The summed E-state index contributed by atoms with van der Waals surface area (Å²) in [6.07, 6.45) is 5.02. The van der Waals surface area contributed by atoms with Crippen molar-refractivity contribution in [1.29, 1.82) is 0 Å². The van der Waals surface area contributed by atoms with E-state index in [2.05, 4.69) is 9.97 Å². The summed E-state index contributed by atoms with van der Waals surface area (Å²) in [6, 6.07) is 5.61. The van der Waals surface area contributed by atoms with Crippen LogP contribution in [0.15, 0.2) is 36.8 Å². The topological polar surface area (TPSA) is 55.2 Å². The predicted molar refractivity (Wildman–Crippen MR) is 59.9 cm³/mol. The molecular formula is C12H12N2O2. The molecule has 0 aliphatic rings. The van der Waals surface area contributed by atoms with Crippen LogP contribution in [0.4, 0.5) is 0 Å². The van der Waals surface area contributed by atoms with E-state index in [1.807, 2.05) is 18.2 Å². The molecule has 0 amide bonds. The van der Waals surface area contributed by atoms with Crippen molar-refractivity contribution in [3.05, 3.63) is 42.4 Å². The van der Waals surface area contributed by atoms with Gasteiger partial charge in [0.1, 0.15) is 0 Å². The third-order valence-corrected chi connectivity index (χ3v) is 2.28. The van der Waals surface area contributed by atoms with Gasteiger partial charge in [-0.3, -0.25) is 4.98 Å². The highest BCUT2D eigenvalue weighted by Crippen LogP contribution is 2.28. The van der Waals surface area contributed by atoms with E-state index in [0.29, 0.717) is 5.88 Å². The number of aromatic nitrogens is 2. The Kier molecular flexibility index (Phi) is 3.12. The Bertz CT molecular complexity index is 472. The zero-order valence-electron chi connectivity index (χ0n) is 8.92. The minimum absolute atomic E-state index is 0.0327. The van der Waals surface area contributed by atoms with Gasteiger partial charge in [0.05, 0.1) is 13.7 Å². The summed E-state index contributed by atoms with van der Waals surface area (Å²) < 4.78 is 5.19. The summed E-state index contributed by atoms with van der Waals surface area (Å²) in [5, 5.41) is 9.08. The van der Waals surface area contributed by atoms with E-state index in [1.54, 1.807) is 25.7 Å². The number of aliphatic hydroxyl groups excluding tert-OH is 1. The molecule has 0 aromatic carbocycles. The highest BCUT2D eigenvalue weighted by molar-refractivity contribution is 5.68. The Balaban J connectivity index is 2.53. The number of hydrogen-bond donors (Lipinski definition) is 1. The molecule has 0 atom stereocenters. The van der Waals surface area contributed by atoms with Gasteiger partial charge in [0.15, 0.2) is 0 Å². The van der Waals surface area contributed by atoms with Gasteiger partial charge in [-0.15, -0.1) is 0 Å². The molecule has 2 rings (SSSR count). The summed E-state index contributed by atoms with van der Waals surface area (Å²) in [6.45, 7) is -0.0327. The van der Waals surface area contributed by atoms with E-state index in [4.69, 9.17) is 9.84 Å². The summed E-state index contributed by atoms with van der Waals surface area (Å²) in [4.78, 5) is 8.10. The number of methoxy groups -OCH3 is 1. The van der Waals surface area contributed by atoms with Gasteiger partial charge >= 0.3 is 0 Å². The molecule has 4 heteroatoms. The van der Waals surface area contributed by atoms with E-state index in [9.17, 15) is 0 Å². The molecule has 0 saturated heterocycles. The lowest BCUT2D eigenvalue weighted by atomic mass is 10.1. The van der Waals surface area contributed by atoms with Gasteiger partial charge in [0, 0.05) is 24.2 Å². The van der Waals surface area contributed by atoms with Crippen LogP contribution in [0.25, 0.3) is 11.1 Å². The fourth-order valence-electron chi connectivity index (χ4n) is 1.48. The highest BCUT2D eigenvalue weighted by Gasteiger charge is 2.07. The SMILES string of the molecule is COc1ncc(CO)cc1-c1ccncc1. The van der Waals surface area contributed by atoms with Crippen molar-refractivity contribution in [1.82, 2.24) is 9.97 Å². The minimum Gasteiger partial charge on any atom is -0.481 e. The highest BCUT2D eigenvalue weighted by atomic mass is 16.5. The lowest BCUT2D eigenvalue weighted by Crippen LogP contribution is -1.94. The lowest BCUT2D eigenvalue weighted by molar-refractivity contribution is 0.281. The summed E-state index contributed by atoms with van der Waals surface area (Å²) in [5.74, 6) is 0.545. The lowest BCUT2D eigenvalue weighted by Gasteiger charge is -2.08. The maximum Gasteiger partial charge on any atom is 0.221 e. The number of rotatable bonds is 3. The van der Waals surface area contributed by atoms with Crippen molar-refractivity contribution in [3.8, 4) is 17.0 Å². The molecule has 0 saturated carbocycles. The maximum atomic E-state index is 9.08. The van der Waals surface area contributed by atoms with Gasteiger partial charge in [-0.05, 0) is 29.3 Å². The number of hydrogen-bond acceptors (Lipinski definition) is 4. The van der Waals surface area contributed by atoms with Crippen LogP contribution in [0, 0.1) is 0 Å². The van der Waals surface area contributed by atoms with E-state index >= 15 is 0 Å². The second kappa shape index (κ2) is 4.72. The predicted octanol–water partition coefficient (Wildman–Crippen LogP) is 1.64. The third kappa shape index (κ3) is 2.01. The molecular weight excluding hydrogens is 204 g/mol. The number of pyridine rings is 2. The van der Waals surface area contributed by atoms with Crippen LogP contribution in [-0.4, -0.2) is 22.2 Å². The molecule has 4 nitrogen and oxygen atoms in total. The van der Waals surface area contributed by atoms with Crippen molar-refractivity contribution in [2.24, 2.45) is 0 Å². The molecule has 2 aromatic heterocycles. The number of nitrogens with zero attached hydrogens (tertiary/aromatic N) is 2. The Hall–Kier alpha value is -1.94. The smallest absolute Gasteiger partial charge is 0.221 e. The molecule has 2 aromatic rings. The van der Waals surface area contributed by atoms with Crippen LogP contribution in [0.2, 0.25) is 0 Å². The molecule has 0 bridgehead atoms. The zero-order valence-corrected chi connectivity index (χ0v) is 8.92. The Morgan fingerprint density at radius 2 is 2.06 bits per heavy atom. The molecule has 2 heterocycles. The fourth-order valence-corrected chi connectivity index (χ4v) is 1.48. The first-order valence-corrected chi connectivity index (χ1v) is 4.89. The van der Waals surface area contributed by atoms with Crippen LogP contribution < -0.4 is 4.74 Å². The standard InChI is InChI=1S/C12H12N2O2/c1-16-12-11(6-9(8-15)7-14-12)10-2-4-13-5-3-10/h2-7,15H,8H2,1H3. The Labute approximate surface area is 93.6 Å². The number of ether oxygens (including phenoxy) is 1. The molecule has 0 radical (unpaired) electrons. The summed E-state index contributed by atoms with van der Waals surface area (Å²) >= 11 is 0. The van der Waals surface area contributed by atoms with Gasteiger partial charge < -0.3 is 9.84 Å². The molecule has 82 valence electrons. The van der Waals surface area contributed by atoms with Gasteiger partial charge in [-0.2, -0.15) is 0 Å². The van der Waals surface area contributed by atoms with Crippen molar-refractivity contribution in [3.63, 3.8) is 0 Å². The molecule has 0 fully saturated rings. The average Bonchev–Trinajstić information content (AvgIpc) is 2.39. The Morgan fingerprint density at radius 3 is 2.69 bits per heavy atom. The zero-order chi connectivity index (χ0) is 11.4. The van der Waals surface area contributed by atoms with Crippen LogP contribution in [-0.2, 0) is 6.61 Å². The molecule has 0 aliphatic heterocycles.